The van der Waals surface area contributed by atoms with E-state index >= 15 is 0 Å². The van der Waals surface area contributed by atoms with E-state index in [0.29, 0.717) is 32.7 Å². The van der Waals surface area contributed by atoms with Crippen LogP contribution in [0.1, 0.15) is 6.92 Å². The van der Waals surface area contributed by atoms with Crippen LogP contribution >= 0.6 is 0 Å². The third-order valence-electron chi connectivity index (χ3n) is 3.69. The highest BCUT2D eigenvalue weighted by atomic mass is 32.2. The van der Waals surface area contributed by atoms with Gasteiger partial charge in [-0.1, -0.05) is 12.1 Å². The van der Waals surface area contributed by atoms with Crippen molar-refractivity contribution < 1.29 is 26.7 Å². The lowest BCUT2D eigenvalue weighted by Gasteiger charge is -2.37. The summed E-state index contributed by atoms with van der Waals surface area (Å²) < 4.78 is 62.0. The highest BCUT2D eigenvalue weighted by molar-refractivity contribution is 7.92. The Bertz CT molecular complexity index is 639. The Labute approximate surface area is 133 Å². The summed E-state index contributed by atoms with van der Waals surface area (Å²) in [5, 5.41) is 9.37. The van der Waals surface area contributed by atoms with Crippen molar-refractivity contribution in [1.82, 2.24) is 4.90 Å². The van der Waals surface area contributed by atoms with E-state index in [1.165, 1.54) is 18.2 Å². The van der Waals surface area contributed by atoms with Gasteiger partial charge in [0.25, 0.3) is 9.84 Å². The zero-order valence-electron chi connectivity index (χ0n) is 12.6. The zero-order valence-corrected chi connectivity index (χ0v) is 13.4. The van der Waals surface area contributed by atoms with Crippen LogP contribution in [0.15, 0.2) is 29.2 Å². The largest absolute Gasteiger partial charge is 0.501 e. The third kappa shape index (κ3) is 3.96. The fraction of sp³-hybridized carbons (Fsp3) is 0.571. The highest BCUT2D eigenvalue weighted by Crippen LogP contribution is 2.36. The summed E-state index contributed by atoms with van der Waals surface area (Å²) in [5.74, 6) is 0. The van der Waals surface area contributed by atoms with E-state index in [1.807, 2.05) is 4.90 Å². The summed E-state index contributed by atoms with van der Waals surface area (Å²) in [5.41, 5.74) is -5.25. The molecule has 1 atom stereocenters. The summed E-state index contributed by atoms with van der Waals surface area (Å²) in [7, 11) is -5.38. The summed E-state index contributed by atoms with van der Waals surface area (Å²) in [6.07, 6.45) is -0.487. The van der Waals surface area contributed by atoms with Gasteiger partial charge in [-0.05, 0) is 19.1 Å². The SMILES string of the molecule is C[C@@H](O)CN1CCN(c2ccccc2S(=O)(=O)C(F)(F)F)CC1. The molecule has 0 spiro atoms. The maximum absolute atomic E-state index is 12.8. The van der Waals surface area contributed by atoms with E-state index < -0.39 is 26.3 Å². The summed E-state index contributed by atoms with van der Waals surface area (Å²) >= 11 is 0. The van der Waals surface area contributed by atoms with Gasteiger partial charge in [-0.15, -0.1) is 0 Å². The van der Waals surface area contributed by atoms with E-state index in [2.05, 4.69) is 0 Å². The van der Waals surface area contributed by atoms with Crippen LogP contribution in [0.5, 0.6) is 0 Å². The number of aliphatic hydroxyl groups excluding tert-OH is 1. The molecule has 130 valence electrons. The number of nitrogens with zero attached hydrogens (tertiary/aromatic N) is 2. The van der Waals surface area contributed by atoms with Gasteiger partial charge in [0, 0.05) is 32.7 Å². The predicted molar refractivity (Wildman–Crippen MR) is 80.0 cm³/mol. The number of sulfone groups is 1. The molecular formula is C14H19F3N2O3S. The average molecular weight is 352 g/mol. The van der Waals surface area contributed by atoms with Crippen LogP contribution in [-0.4, -0.2) is 62.8 Å². The monoisotopic (exact) mass is 352 g/mol. The number of benzene rings is 1. The Kier molecular flexibility index (Phi) is 5.22. The molecular weight excluding hydrogens is 333 g/mol. The normalized spacial score (nSPS) is 18.9. The molecule has 1 fully saturated rings. The molecule has 1 aromatic carbocycles. The van der Waals surface area contributed by atoms with Crippen LogP contribution in [0.4, 0.5) is 18.9 Å². The minimum Gasteiger partial charge on any atom is -0.392 e. The first-order valence-electron chi connectivity index (χ1n) is 7.18. The quantitative estimate of drug-likeness (QED) is 0.890. The molecule has 2 rings (SSSR count). The molecule has 5 nitrogen and oxygen atoms in total. The van der Waals surface area contributed by atoms with Crippen molar-refractivity contribution in [3.8, 4) is 0 Å². The lowest BCUT2D eigenvalue weighted by Crippen LogP contribution is -2.48. The molecule has 1 aliphatic heterocycles. The van der Waals surface area contributed by atoms with Crippen LogP contribution in [0.25, 0.3) is 0 Å². The second-order valence-electron chi connectivity index (χ2n) is 5.55. The molecule has 1 aromatic rings. The lowest BCUT2D eigenvalue weighted by atomic mass is 10.2. The van der Waals surface area contributed by atoms with Gasteiger partial charge in [-0.2, -0.15) is 13.2 Å². The topological polar surface area (TPSA) is 60.9 Å². The maximum atomic E-state index is 12.8. The molecule has 0 aromatic heterocycles. The second kappa shape index (κ2) is 6.66. The van der Waals surface area contributed by atoms with Gasteiger partial charge < -0.3 is 10.0 Å². The number of rotatable bonds is 4. The van der Waals surface area contributed by atoms with E-state index in [0.717, 1.165) is 6.07 Å². The fourth-order valence-electron chi connectivity index (χ4n) is 2.62. The first-order chi connectivity index (χ1) is 10.6. The molecule has 0 aliphatic carbocycles. The lowest BCUT2D eigenvalue weighted by molar-refractivity contribution is -0.0435. The average Bonchev–Trinajstić information content (AvgIpc) is 2.46. The van der Waals surface area contributed by atoms with Crippen LogP contribution < -0.4 is 4.90 Å². The molecule has 0 saturated carbocycles. The van der Waals surface area contributed by atoms with Crippen molar-refractivity contribution in [2.75, 3.05) is 37.6 Å². The summed E-state index contributed by atoms with van der Waals surface area (Å²) in [6.45, 7) is 4.04. The maximum Gasteiger partial charge on any atom is 0.501 e. The van der Waals surface area contributed by atoms with Crippen molar-refractivity contribution >= 4 is 15.5 Å². The number of alkyl halides is 3. The van der Waals surface area contributed by atoms with Gasteiger partial charge in [-0.3, -0.25) is 4.90 Å². The van der Waals surface area contributed by atoms with Crippen molar-refractivity contribution in [3.05, 3.63) is 24.3 Å². The van der Waals surface area contributed by atoms with Gasteiger partial charge in [0.2, 0.25) is 0 Å². The number of para-hydroxylation sites is 1. The van der Waals surface area contributed by atoms with E-state index in [-0.39, 0.29) is 5.69 Å². The first kappa shape index (κ1) is 18.0. The molecule has 1 N–H and O–H groups in total. The molecule has 9 heteroatoms. The Morgan fingerprint density at radius 1 is 1.17 bits per heavy atom. The number of aliphatic hydroxyl groups is 1. The molecule has 1 aliphatic rings. The van der Waals surface area contributed by atoms with Gasteiger partial charge in [0.1, 0.15) is 0 Å². The number of hydrogen-bond donors (Lipinski definition) is 1. The summed E-state index contributed by atoms with van der Waals surface area (Å²) in [4.78, 5) is 2.91. The van der Waals surface area contributed by atoms with E-state index in [1.54, 1.807) is 11.8 Å². The molecule has 1 saturated heterocycles. The number of anilines is 1. The van der Waals surface area contributed by atoms with Gasteiger partial charge in [-0.25, -0.2) is 8.42 Å². The number of β-amino-alcohol motifs (C(OH)–C–C–N with tert-alkyl or cyclic N) is 1. The molecule has 1 heterocycles. The molecule has 0 unspecified atom stereocenters. The molecule has 0 bridgehead atoms. The van der Waals surface area contributed by atoms with Gasteiger partial charge in [0.15, 0.2) is 0 Å². The number of hydrogen-bond acceptors (Lipinski definition) is 5. The molecule has 0 radical (unpaired) electrons. The minimum absolute atomic E-state index is 0.0709. The Balaban J connectivity index is 2.23. The number of piperazine rings is 1. The van der Waals surface area contributed by atoms with Crippen molar-refractivity contribution in [1.29, 1.82) is 0 Å². The smallest absolute Gasteiger partial charge is 0.392 e. The standard InChI is InChI=1S/C14H19F3N2O3S/c1-11(20)10-18-6-8-19(9-7-18)12-4-2-3-5-13(12)23(21,22)14(15,16)17/h2-5,11,20H,6-10H2,1H3/t11-/m1/s1. The minimum atomic E-state index is -5.38. The van der Waals surface area contributed by atoms with Crippen molar-refractivity contribution in [3.63, 3.8) is 0 Å². The molecule has 23 heavy (non-hydrogen) atoms. The summed E-state index contributed by atoms with van der Waals surface area (Å²) in [6, 6.07) is 5.18. The van der Waals surface area contributed by atoms with Crippen molar-refractivity contribution in [2.45, 2.75) is 23.4 Å². The Hall–Kier alpha value is -1.32. The van der Waals surface area contributed by atoms with Crippen LogP contribution in [0, 0.1) is 0 Å². The van der Waals surface area contributed by atoms with Gasteiger partial charge in [0.05, 0.1) is 16.7 Å². The van der Waals surface area contributed by atoms with Crippen LogP contribution in [0.3, 0.4) is 0 Å². The number of halogens is 3. The molecule has 0 amide bonds. The van der Waals surface area contributed by atoms with Crippen LogP contribution in [0.2, 0.25) is 0 Å². The van der Waals surface area contributed by atoms with E-state index in [9.17, 15) is 26.7 Å². The van der Waals surface area contributed by atoms with Gasteiger partial charge >= 0.3 is 5.51 Å². The van der Waals surface area contributed by atoms with Crippen molar-refractivity contribution in [2.24, 2.45) is 0 Å². The van der Waals surface area contributed by atoms with Crippen LogP contribution in [-0.2, 0) is 9.84 Å². The Morgan fingerprint density at radius 2 is 1.74 bits per heavy atom. The van der Waals surface area contributed by atoms with E-state index in [4.69, 9.17) is 0 Å². The first-order valence-corrected chi connectivity index (χ1v) is 8.67. The highest BCUT2D eigenvalue weighted by Gasteiger charge is 2.48. The Morgan fingerprint density at radius 3 is 2.26 bits per heavy atom. The second-order valence-corrected chi connectivity index (χ2v) is 7.46. The fourth-order valence-corrected chi connectivity index (χ4v) is 3.59. The predicted octanol–water partition coefficient (Wildman–Crippen LogP) is 1.48. The third-order valence-corrected chi connectivity index (χ3v) is 5.23. The zero-order chi connectivity index (χ0) is 17.3.